The number of fused-ring (bicyclic) bond motifs is 1. The van der Waals surface area contributed by atoms with Gasteiger partial charge >= 0.3 is 0 Å². The Bertz CT molecular complexity index is 1310. The van der Waals surface area contributed by atoms with E-state index in [1.165, 1.54) is 0 Å². The maximum Gasteiger partial charge on any atom is 0.250 e. The Kier molecular flexibility index (Phi) is 5.15. The van der Waals surface area contributed by atoms with Gasteiger partial charge in [-0.05, 0) is 42.7 Å². The highest BCUT2D eigenvalue weighted by atomic mass is 16.1. The zero-order chi connectivity index (χ0) is 22.1. The minimum Gasteiger partial charge on any atom is -0.380 e. The van der Waals surface area contributed by atoms with Crippen LogP contribution in [0.25, 0.3) is 16.9 Å². The molecule has 1 saturated carbocycles. The molecular weight excluding hydrogens is 402 g/mol. The van der Waals surface area contributed by atoms with Crippen LogP contribution in [0, 0.1) is 5.92 Å². The molecule has 32 heavy (non-hydrogen) atoms. The third-order valence-electron chi connectivity index (χ3n) is 5.69. The van der Waals surface area contributed by atoms with E-state index in [-0.39, 0.29) is 11.7 Å². The van der Waals surface area contributed by atoms with E-state index in [1.807, 2.05) is 54.6 Å². The van der Waals surface area contributed by atoms with Crippen molar-refractivity contribution in [2.75, 3.05) is 5.32 Å². The van der Waals surface area contributed by atoms with Gasteiger partial charge in [-0.3, -0.25) is 9.59 Å². The summed E-state index contributed by atoms with van der Waals surface area (Å²) in [4.78, 5) is 28.3. The second-order valence-electron chi connectivity index (χ2n) is 8.09. The molecule has 0 radical (unpaired) electrons. The summed E-state index contributed by atoms with van der Waals surface area (Å²) in [5.74, 6) is 0.556. The summed E-state index contributed by atoms with van der Waals surface area (Å²) in [7, 11) is 0. The molecule has 0 aliphatic heterocycles. The number of aromatic nitrogens is 3. The van der Waals surface area contributed by atoms with Gasteiger partial charge in [0.1, 0.15) is 5.78 Å². The molecule has 4 aromatic rings. The number of nitrogens with zero attached hydrogens (tertiary/aromatic N) is 3. The van der Waals surface area contributed by atoms with E-state index in [2.05, 4.69) is 15.4 Å². The Morgan fingerprint density at radius 1 is 1.00 bits per heavy atom. The lowest BCUT2D eigenvalue weighted by atomic mass is 10.1. The average Bonchev–Trinajstić information content (AvgIpc) is 3.58. The van der Waals surface area contributed by atoms with Gasteiger partial charge in [0.15, 0.2) is 11.5 Å². The molecule has 2 aromatic heterocycles. The summed E-state index contributed by atoms with van der Waals surface area (Å²) < 4.78 is 1.80. The third-order valence-corrected chi connectivity index (χ3v) is 5.69. The van der Waals surface area contributed by atoms with Crippen LogP contribution in [0.4, 0.5) is 5.69 Å². The Morgan fingerprint density at radius 3 is 2.53 bits per heavy atom. The zero-order valence-corrected chi connectivity index (χ0v) is 17.5. The number of carbonyl (C=O) groups is 2. The number of ketones is 1. The Balaban J connectivity index is 1.34. The fourth-order valence-corrected chi connectivity index (χ4v) is 3.79. The average molecular weight is 425 g/mol. The highest BCUT2D eigenvalue weighted by Crippen LogP contribution is 2.31. The maximum absolute atomic E-state index is 12.1. The lowest BCUT2D eigenvalue weighted by Gasteiger charge is -2.11. The van der Waals surface area contributed by atoms with Crippen molar-refractivity contribution < 1.29 is 9.59 Å². The number of primary amides is 1. The van der Waals surface area contributed by atoms with Gasteiger partial charge in [-0.1, -0.05) is 42.5 Å². The van der Waals surface area contributed by atoms with Gasteiger partial charge in [0.25, 0.3) is 5.91 Å². The predicted molar refractivity (Wildman–Crippen MR) is 122 cm³/mol. The van der Waals surface area contributed by atoms with E-state index in [4.69, 9.17) is 5.73 Å². The summed E-state index contributed by atoms with van der Waals surface area (Å²) in [6, 6.07) is 21.2. The van der Waals surface area contributed by atoms with Crippen LogP contribution in [-0.4, -0.2) is 26.3 Å². The molecule has 0 atom stereocenters. The van der Waals surface area contributed by atoms with E-state index in [0.717, 1.165) is 35.3 Å². The zero-order valence-electron chi connectivity index (χ0n) is 17.5. The van der Waals surface area contributed by atoms with Gasteiger partial charge in [0, 0.05) is 23.7 Å². The van der Waals surface area contributed by atoms with Crippen molar-refractivity contribution in [2.45, 2.75) is 25.8 Å². The standard InChI is InChI=1S/C25H23N5O2/c26-25(32)19-4-1-2-5-20(19)27-15-16-8-10-17(11-9-16)21-6-3-7-24-28-23(29-30(21)24)14-22(31)18-12-13-18/h1-11,18,27H,12-15H2,(H2,26,32). The smallest absolute Gasteiger partial charge is 0.250 e. The molecule has 5 rings (SSSR count). The van der Waals surface area contributed by atoms with Crippen molar-refractivity contribution in [3.05, 3.63) is 83.7 Å². The number of benzene rings is 2. The molecule has 1 aliphatic carbocycles. The molecule has 1 fully saturated rings. The molecule has 1 amide bonds. The van der Waals surface area contributed by atoms with Crippen LogP contribution >= 0.6 is 0 Å². The first-order valence-electron chi connectivity index (χ1n) is 10.7. The first kappa shape index (κ1) is 19.9. The number of anilines is 1. The molecule has 0 spiro atoms. The van der Waals surface area contributed by atoms with Crippen molar-refractivity contribution >= 4 is 23.0 Å². The molecule has 7 nitrogen and oxygen atoms in total. The number of rotatable bonds is 8. The lowest BCUT2D eigenvalue weighted by Crippen LogP contribution is -2.14. The molecule has 160 valence electrons. The Labute approximate surface area is 185 Å². The first-order chi connectivity index (χ1) is 15.6. The number of para-hydroxylation sites is 1. The van der Waals surface area contributed by atoms with Crippen LogP contribution in [-0.2, 0) is 17.8 Å². The fourth-order valence-electron chi connectivity index (χ4n) is 3.79. The van der Waals surface area contributed by atoms with Crippen LogP contribution in [0.3, 0.4) is 0 Å². The van der Waals surface area contributed by atoms with E-state index >= 15 is 0 Å². The van der Waals surface area contributed by atoms with Gasteiger partial charge in [-0.15, -0.1) is 0 Å². The summed E-state index contributed by atoms with van der Waals surface area (Å²) in [6.45, 7) is 0.561. The fraction of sp³-hybridized carbons (Fsp3) is 0.200. The number of hydrogen-bond donors (Lipinski definition) is 2. The summed E-state index contributed by atoms with van der Waals surface area (Å²) in [5.41, 5.74) is 10.3. The van der Waals surface area contributed by atoms with Crippen LogP contribution in [0.15, 0.2) is 66.7 Å². The van der Waals surface area contributed by atoms with Gasteiger partial charge in [0.2, 0.25) is 0 Å². The number of carbonyl (C=O) groups excluding carboxylic acids is 2. The maximum atomic E-state index is 12.1. The summed E-state index contributed by atoms with van der Waals surface area (Å²) in [6.07, 6.45) is 2.28. The topological polar surface area (TPSA) is 102 Å². The van der Waals surface area contributed by atoms with Crippen molar-refractivity contribution in [3.63, 3.8) is 0 Å². The van der Waals surface area contributed by atoms with Crippen molar-refractivity contribution in [3.8, 4) is 11.3 Å². The largest absolute Gasteiger partial charge is 0.380 e. The molecule has 0 saturated heterocycles. The summed E-state index contributed by atoms with van der Waals surface area (Å²) in [5, 5.41) is 7.87. The molecule has 0 bridgehead atoms. The van der Waals surface area contributed by atoms with E-state index in [0.29, 0.717) is 30.0 Å². The first-order valence-corrected chi connectivity index (χ1v) is 10.7. The molecule has 2 aromatic carbocycles. The van der Waals surface area contributed by atoms with E-state index in [9.17, 15) is 9.59 Å². The highest BCUT2D eigenvalue weighted by Gasteiger charge is 2.30. The minimum absolute atomic E-state index is 0.206. The highest BCUT2D eigenvalue weighted by molar-refractivity contribution is 5.98. The van der Waals surface area contributed by atoms with Crippen LogP contribution in [0.1, 0.15) is 34.6 Å². The normalized spacial score (nSPS) is 13.2. The van der Waals surface area contributed by atoms with Crippen LogP contribution in [0.2, 0.25) is 0 Å². The predicted octanol–water partition coefficient (Wildman–Crippen LogP) is 3.63. The number of pyridine rings is 1. The molecule has 7 heteroatoms. The van der Waals surface area contributed by atoms with Gasteiger partial charge in [-0.25, -0.2) is 9.50 Å². The van der Waals surface area contributed by atoms with Gasteiger partial charge < -0.3 is 11.1 Å². The lowest BCUT2D eigenvalue weighted by molar-refractivity contribution is -0.119. The van der Waals surface area contributed by atoms with Crippen molar-refractivity contribution in [1.82, 2.24) is 14.6 Å². The van der Waals surface area contributed by atoms with E-state index < -0.39 is 5.91 Å². The van der Waals surface area contributed by atoms with Crippen molar-refractivity contribution in [1.29, 1.82) is 0 Å². The number of nitrogens with one attached hydrogen (secondary N) is 1. The Hall–Kier alpha value is -4.00. The quantitative estimate of drug-likeness (QED) is 0.449. The number of hydrogen-bond acceptors (Lipinski definition) is 5. The number of nitrogens with two attached hydrogens (primary N) is 1. The van der Waals surface area contributed by atoms with Crippen LogP contribution in [0.5, 0.6) is 0 Å². The van der Waals surface area contributed by atoms with E-state index in [1.54, 1.807) is 16.6 Å². The second-order valence-corrected chi connectivity index (χ2v) is 8.09. The van der Waals surface area contributed by atoms with Crippen LogP contribution < -0.4 is 11.1 Å². The van der Waals surface area contributed by atoms with Gasteiger partial charge in [0.05, 0.1) is 17.7 Å². The number of amides is 1. The molecule has 1 aliphatic rings. The summed E-state index contributed by atoms with van der Waals surface area (Å²) >= 11 is 0. The van der Waals surface area contributed by atoms with Crippen molar-refractivity contribution in [2.24, 2.45) is 11.7 Å². The monoisotopic (exact) mass is 425 g/mol. The Morgan fingerprint density at radius 2 is 1.78 bits per heavy atom. The minimum atomic E-state index is -0.456. The molecule has 0 unspecified atom stereocenters. The second kappa shape index (κ2) is 8.26. The van der Waals surface area contributed by atoms with Gasteiger partial charge in [-0.2, -0.15) is 5.10 Å². The third kappa shape index (κ3) is 4.09. The molecule has 3 N–H and O–H groups in total. The SMILES string of the molecule is NC(=O)c1ccccc1NCc1ccc(-c2cccc3nc(CC(=O)C4CC4)nn23)cc1. The molecule has 2 heterocycles. The number of Topliss-reactive ketones (excluding diaryl/α,β-unsaturated/α-hetero) is 1. The molecular formula is C25H23N5O2.